The van der Waals surface area contributed by atoms with Crippen molar-refractivity contribution in [3.8, 4) is 0 Å². The van der Waals surface area contributed by atoms with Crippen LogP contribution in [-0.2, 0) is 15.0 Å². The van der Waals surface area contributed by atoms with Gasteiger partial charge in [0, 0.05) is 48.7 Å². The van der Waals surface area contributed by atoms with E-state index in [0.29, 0.717) is 42.7 Å². The molecule has 3 N–H and O–H groups in total. The van der Waals surface area contributed by atoms with Gasteiger partial charge in [-0.15, -0.1) is 21.5 Å². The summed E-state index contributed by atoms with van der Waals surface area (Å²) in [5.74, 6) is -0.125. The van der Waals surface area contributed by atoms with Crippen LogP contribution < -0.4 is 21.1 Å². The number of rotatable bonds is 9. The molecule has 46 heavy (non-hydrogen) atoms. The Morgan fingerprint density at radius 1 is 1.11 bits per heavy atom. The second kappa shape index (κ2) is 13.5. The highest BCUT2D eigenvalue weighted by Crippen LogP contribution is 2.27. The van der Waals surface area contributed by atoms with Crippen molar-refractivity contribution in [3.63, 3.8) is 0 Å². The van der Waals surface area contributed by atoms with E-state index in [0.717, 1.165) is 5.69 Å². The minimum atomic E-state index is -0.376. The van der Waals surface area contributed by atoms with Crippen molar-refractivity contribution < 1.29 is 14.4 Å². The summed E-state index contributed by atoms with van der Waals surface area (Å²) in [6, 6.07) is 3.11. The van der Waals surface area contributed by atoms with Gasteiger partial charge in [0.15, 0.2) is 11.0 Å². The first-order chi connectivity index (χ1) is 21.9. The smallest absolute Gasteiger partial charge is 0.267 e. The molecular weight excluding hydrogens is 612 g/mol. The molecule has 4 aromatic heterocycles. The lowest BCUT2D eigenvalue weighted by atomic mass is 9.93. The number of hydrogen-bond acceptors (Lipinski definition) is 12. The molecule has 0 saturated carbocycles. The molecule has 1 fully saturated rings. The Bertz CT molecular complexity index is 1820. The van der Waals surface area contributed by atoms with E-state index < -0.39 is 0 Å². The van der Waals surface area contributed by atoms with E-state index >= 15 is 0 Å². The SMILES string of the molecule is CN(C)CC(=O)NCC(=O)N1CCN(c2nc3cc(C(=O)Nc4nc(C(C)(C)C)cs4)ccn3c(=O)c2C=Cc2nn[nH]n2)CC1. The standard InChI is InChI=1S/C29H36N12O4S/c1-29(2,3)20-17-46-28(31-20)33-26(44)18-8-9-41-22(14-18)32-25(19(27(41)45)6-7-21-34-36-37-35-21)40-12-10-39(11-13-40)24(43)15-30-23(42)16-38(4)5/h6-9,14,17H,10-13,15-16H2,1-5H3,(H,30,42)(H,31,33,44)(H,34,35,36,37). The minimum Gasteiger partial charge on any atom is -0.352 e. The number of thiazole rings is 1. The number of aromatic amines is 1. The Morgan fingerprint density at radius 2 is 1.87 bits per heavy atom. The van der Waals surface area contributed by atoms with Gasteiger partial charge in [-0.05, 0) is 43.6 Å². The average Bonchev–Trinajstić information content (AvgIpc) is 3.71. The van der Waals surface area contributed by atoms with E-state index in [1.165, 1.54) is 21.9 Å². The number of H-pyrrole nitrogens is 1. The quantitative estimate of drug-likeness (QED) is 0.232. The number of likely N-dealkylation sites (N-methyl/N-ethyl adjacent to an activating group) is 1. The minimum absolute atomic E-state index is 0.0930. The molecule has 1 aliphatic rings. The van der Waals surface area contributed by atoms with Crippen LogP contribution in [0.15, 0.2) is 28.5 Å². The maximum Gasteiger partial charge on any atom is 0.267 e. The van der Waals surface area contributed by atoms with Crippen molar-refractivity contribution in [1.82, 2.24) is 50.1 Å². The van der Waals surface area contributed by atoms with Gasteiger partial charge in [0.1, 0.15) is 11.5 Å². The maximum atomic E-state index is 13.8. The normalized spacial score (nSPS) is 14.0. The molecule has 0 spiro atoms. The van der Waals surface area contributed by atoms with Crippen LogP contribution in [0.3, 0.4) is 0 Å². The molecule has 0 bridgehead atoms. The first-order valence-electron chi connectivity index (χ1n) is 14.6. The monoisotopic (exact) mass is 648 g/mol. The molecule has 0 atom stereocenters. The fourth-order valence-corrected chi connectivity index (χ4v) is 5.64. The van der Waals surface area contributed by atoms with Crippen LogP contribution in [-0.4, -0.2) is 116 Å². The van der Waals surface area contributed by atoms with Gasteiger partial charge in [0.05, 0.1) is 24.3 Å². The molecule has 5 heterocycles. The van der Waals surface area contributed by atoms with E-state index in [9.17, 15) is 19.2 Å². The second-order valence-electron chi connectivity index (χ2n) is 12.0. The van der Waals surface area contributed by atoms with Gasteiger partial charge in [0.25, 0.3) is 11.5 Å². The van der Waals surface area contributed by atoms with Crippen LogP contribution in [0.5, 0.6) is 0 Å². The summed E-state index contributed by atoms with van der Waals surface area (Å²) in [4.78, 5) is 66.4. The Balaban J connectivity index is 1.39. The molecule has 17 heteroatoms. The molecule has 0 radical (unpaired) electrons. The second-order valence-corrected chi connectivity index (χ2v) is 12.9. The molecule has 242 valence electrons. The number of amides is 3. The Kier molecular flexibility index (Phi) is 9.52. The predicted molar refractivity (Wildman–Crippen MR) is 174 cm³/mol. The first kappa shape index (κ1) is 32.4. The summed E-state index contributed by atoms with van der Waals surface area (Å²) < 4.78 is 1.37. The predicted octanol–water partition coefficient (Wildman–Crippen LogP) is 0.711. The molecular formula is C29H36N12O4S. The lowest BCUT2D eigenvalue weighted by Gasteiger charge is -2.36. The fourth-order valence-electron chi connectivity index (χ4n) is 4.71. The molecule has 0 unspecified atom stereocenters. The molecule has 4 aromatic rings. The number of anilines is 2. The van der Waals surface area contributed by atoms with Crippen LogP contribution in [0.4, 0.5) is 10.9 Å². The molecule has 0 aromatic carbocycles. The third kappa shape index (κ3) is 7.60. The number of carbonyl (C=O) groups excluding carboxylic acids is 3. The molecule has 3 amide bonds. The zero-order chi connectivity index (χ0) is 33.0. The number of nitrogens with zero attached hydrogens (tertiary/aromatic N) is 9. The van der Waals surface area contributed by atoms with Crippen molar-refractivity contribution in [2.75, 3.05) is 63.6 Å². The van der Waals surface area contributed by atoms with Crippen molar-refractivity contribution in [2.24, 2.45) is 0 Å². The molecule has 16 nitrogen and oxygen atoms in total. The zero-order valence-corrected chi connectivity index (χ0v) is 27.1. The third-order valence-corrected chi connectivity index (χ3v) is 7.95. The summed E-state index contributed by atoms with van der Waals surface area (Å²) in [5.41, 5.74) is 1.24. The molecule has 1 aliphatic heterocycles. The zero-order valence-electron chi connectivity index (χ0n) is 26.3. The Labute approximate surface area is 268 Å². The van der Waals surface area contributed by atoms with Gasteiger partial charge in [-0.3, -0.25) is 28.9 Å². The summed E-state index contributed by atoms with van der Waals surface area (Å²) in [6.45, 7) is 7.76. The maximum absolute atomic E-state index is 13.8. The van der Waals surface area contributed by atoms with Crippen LogP contribution in [0.25, 0.3) is 17.8 Å². The number of pyridine rings is 1. The van der Waals surface area contributed by atoms with E-state index in [1.807, 2.05) is 31.1 Å². The van der Waals surface area contributed by atoms with E-state index in [2.05, 4.69) is 36.2 Å². The lowest BCUT2D eigenvalue weighted by molar-refractivity contribution is -0.133. The number of hydrogen-bond donors (Lipinski definition) is 3. The fraction of sp³-hybridized carbons (Fsp3) is 0.414. The number of nitrogens with one attached hydrogen (secondary N) is 3. The first-order valence-corrected chi connectivity index (χ1v) is 15.5. The van der Waals surface area contributed by atoms with E-state index in [4.69, 9.17) is 4.98 Å². The molecule has 5 rings (SSSR count). The van der Waals surface area contributed by atoms with Crippen molar-refractivity contribution in [3.05, 3.63) is 56.7 Å². The van der Waals surface area contributed by atoms with Crippen LogP contribution in [0, 0.1) is 0 Å². The number of carbonyl (C=O) groups is 3. The van der Waals surface area contributed by atoms with Crippen molar-refractivity contribution in [1.29, 1.82) is 0 Å². The van der Waals surface area contributed by atoms with Gasteiger partial charge >= 0.3 is 0 Å². The van der Waals surface area contributed by atoms with Crippen LogP contribution in [0.1, 0.15) is 48.2 Å². The molecule has 0 aliphatic carbocycles. The largest absolute Gasteiger partial charge is 0.352 e. The summed E-state index contributed by atoms with van der Waals surface area (Å²) in [6.07, 6.45) is 4.64. The van der Waals surface area contributed by atoms with E-state index in [1.54, 1.807) is 48.2 Å². The van der Waals surface area contributed by atoms with Crippen LogP contribution in [0.2, 0.25) is 0 Å². The van der Waals surface area contributed by atoms with Crippen molar-refractivity contribution >= 4 is 57.8 Å². The molecule has 1 saturated heterocycles. The van der Waals surface area contributed by atoms with Gasteiger partial charge in [-0.2, -0.15) is 5.21 Å². The lowest BCUT2D eigenvalue weighted by Crippen LogP contribution is -2.52. The summed E-state index contributed by atoms with van der Waals surface area (Å²) in [7, 11) is 3.55. The highest BCUT2D eigenvalue weighted by Gasteiger charge is 2.26. The Hall–Kier alpha value is -5.03. The van der Waals surface area contributed by atoms with E-state index in [-0.39, 0.29) is 58.8 Å². The highest BCUT2D eigenvalue weighted by molar-refractivity contribution is 7.14. The number of piperazine rings is 1. The Morgan fingerprint density at radius 3 is 2.52 bits per heavy atom. The number of fused-ring (bicyclic) bond motifs is 1. The van der Waals surface area contributed by atoms with Gasteiger partial charge in [-0.25, -0.2) is 9.97 Å². The topological polar surface area (TPSA) is 187 Å². The highest BCUT2D eigenvalue weighted by atomic mass is 32.1. The number of tetrazole rings is 1. The van der Waals surface area contributed by atoms with Gasteiger partial charge < -0.3 is 20.0 Å². The van der Waals surface area contributed by atoms with Crippen molar-refractivity contribution in [2.45, 2.75) is 26.2 Å². The summed E-state index contributed by atoms with van der Waals surface area (Å²) >= 11 is 1.35. The summed E-state index contributed by atoms with van der Waals surface area (Å²) in [5, 5.41) is 21.6. The van der Waals surface area contributed by atoms with Crippen LogP contribution >= 0.6 is 11.3 Å². The third-order valence-electron chi connectivity index (χ3n) is 7.19. The number of aromatic nitrogens is 7. The van der Waals surface area contributed by atoms with Gasteiger partial charge in [-0.1, -0.05) is 20.8 Å². The average molecular weight is 649 g/mol. The van der Waals surface area contributed by atoms with Gasteiger partial charge in [0.2, 0.25) is 11.8 Å².